The highest BCUT2D eigenvalue weighted by Crippen LogP contribution is 2.34. The average molecular weight is 329 g/mol. The number of benzene rings is 1. The number of hydrogen-bond acceptors (Lipinski definition) is 8. The van der Waals surface area contributed by atoms with Crippen LogP contribution in [0.5, 0.6) is 11.5 Å². The van der Waals surface area contributed by atoms with Crippen molar-refractivity contribution < 1.29 is 14.3 Å². The van der Waals surface area contributed by atoms with Crippen LogP contribution in [0.25, 0.3) is 0 Å². The van der Waals surface area contributed by atoms with Gasteiger partial charge in [0.25, 0.3) is 0 Å². The molecule has 1 aliphatic rings. The summed E-state index contributed by atoms with van der Waals surface area (Å²) in [5.41, 5.74) is 6.42. The summed E-state index contributed by atoms with van der Waals surface area (Å²) >= 11 is 1.13. The molecule has 1 aliphatic heterocycles. The van der Waals surface area contributed by atoms with Gasteiger partial charge in [0.1, 0.15) is 17.5 Å². The first-order valence-corrected chi connectivity index (χ1v) is 7.49. The molecule has 0 saturated heterocycles. The Morgan fingerprint density at radius 3 is 3.04 bits per heavy atom. The lowest BCUT2D eigenvalue weighted by molar-refractivity contribution is -0.113. The normalized spacial score (nSPS) is 11.8. The van der Waals surface area contributed by atoms with Gasteiger partial charge < -0.3 is 20.5 Å². The molecule has 2 aromatic rings. The van der Waals surface area contributed by atoms with E-state index in [2.05, 4.69) is 15.3 Å². The van der Waals surface area contributed by atoms with Crippen LogP contribution in [0.3, 0.4) is 0 Å². The highest BCUT2D eigenvalue weighted by Gasteiger charge is 2.14. The number of carbonyl (C=O) groups excluding carboxylic acids is 1. The zero-order valence-electron chi connectivity index (χ0n) is 11.8. The number of thioether (sulfide) groups is 1. The minimum absolute atomic E-state index is 0.0983. The highest BCUT2D eigenvalue weighted by atomic mass is 32.2. The molecule has 0 bridgehead atoms. The van der Waals surface area contributed by atoms with E-state index >= 15 is 0 Å². The SMILES string of the molecule is N#Cc1cnc(SCC(=O)Nc2ccc3c(c2)OCO3)nc1N. The summed E-state index contributed by atoms with van der Waals surface area (Å²) in [6, 6.07) is 7.04. The molecule has 8 nitrogen and oxygen atoms in total. The summed E-state index contributed by atoms with van der Waals surface area (Å²) < 4.78 is 10.4. The van der Waals surface area contributed by atoms with Crippen molar-refractivity contribution in [2.45, 2.75) is 5.16 Å². The first-order valence-electron chi connectivity index (χ1n) is 6.50. The van der Waals surface area contributed by atoms with Gasteiger partial charge in [-0.2, -0.15) is 5.26 Å². The molecule has 1 amide bonds. The van der Waals surface area contributed by atoms with Crippen molar-refractivity contribution in [3.63, 3.8) is 0 Å². The van der Waals surface area contributed by atoms with Gasteiger partial charge in [-0.3, -0.25) is 4.79 Å². The standard InChI is InChI=1S/C14H11N5O3S/c15-4-8-5-17-14(19-13(8)16)23-6-12(20)18-9-1-2-10-11(3-9)22-7-21-10/h1-3,5H,6-7H2,(H,18,20)(H2,16,17,19). The second kappa shape index (κ2) is 6.41. The predicted molar refractivity (Wildman–Crippen MR) is 83.1 cm³/mol. The maximum Gasteiger partial charge on any atom is 0.234 e. The second-order valence-corrected chi connectivity index (χ2v) is 5.41. The fourth-order valence-electron chi connectivity index (χ4n) is 1.84. The highest BCUT2D eigenvalue weighted by molar-refractivity contribution is 7.99. The number of nitrogens with zero attached hydrogens (tertiary/aromatic N) is 3. The zero-order valence-corrected chi connectivity index (χ0v) is 12.6. The molecule has 0 radical (unpaired) electrons. The monoisotopic (exact) mass is 329 g/mol. The number of anilines is 2. The molecule has 1 aromatic carbocycles. The van der Waals surface area contributed by atoms with Gasteiger partial charge in [0.05, 0.1) is 11.9 Å². The Labute approximate surface area is 135 Å². The first kappa shape index (κ1) is 14.9. The number of nitrogens with two attached hydrogens (primary N) is 1. The van der Waals surface area contributed by atoms with Gasteiger partial charge in [-0.05, 0) is 12.1 Å². The number of fused-ring (bicyclic) bond motifs is 1. The molecule has 3 N–H and O–H groups in total. The van der Waals surface area contributed by atoms with Gasteiger partial charge in [-0.15, -0.1) is 0 Å². The molecule has 23 heavy (non-hydrogen) atoms. The molecule has 9 heteroatoms. The number of hydrogen-bond donors (Lipinski definition) is 2. The number of nitriles is 1. The van der Waals surface area contributed by atoms with Crippen LogP contribution < -0.4 is 20.5 Å². The smallest absolute Gasteiger partial charge is 0.234 e. The maximum absolute atomic E-state index is 12.0. The van der Waals surface area contributed by atoms with Crippen molar-refractivity contribution in [3.05, 3.63) is 30.0 Å². The third-order valence-electron chi connectivity index (χ3n) is 2.91. The summed E-state index contributed by atoms with van der Waals surface area (Å²) in [6.45, 7) is 0.181. The van der Waals surface area contributed by atoms with Gasteiger partial charge in [-0.1, -0.05) is 11.8 Å². The Kier molecular flexibility index (Phi) is 4.16. The Morgan fingerprint density at radius 2 is 2.26 bits per heavy atom. The van der Waals surface area contributed by atoms with E-state index in [1.807, 2.05) is 6.07 Å². The molecule has 116 valence electrons. The fraction of sp³-hybridized carbons (Fsp3) is 0.143. The molecule has 2 heterocycles. The average Bonchev–Trinajstić information content (AvgIpc) is 3.01. The predicted octanol–water partition coefficient (Wildman–Crippen LogP) is 1.39. The summed E-state index contributed by atoms with van der Waals surface area (Å²) in [5, 5.41) is 11.8. The molecular weight excluding hydrogens is 318 g/mol. The van der Waals surface area contributed by atoms with E-state index in [9.17, 15) is 4.79 Å². The maximum atomic E-state index is 12.0. The van der Waals surface area contributed by atoms with E-state index in [0.717, 1.165) is 11.8 Å². The van der Waals surface area contributed by atoms with Crippen LogP contribution in [0, 0.1) is 11.3 Å². The number of nitrogen functional groups attached to an aromatic ring is 1. The number of rotatable bonds is 4. The van der Waals surface area contributed by atoms with Crippen molar-refractivity contribution in [2.75, 3.05) is 23.6 Å². The van der Waals surface area contributed by atoms with Crippen LogP contribution in [-0.4, -0.2) is 28.4 Å². The topological polar surface area (TPSA) is 123 Å². The molecule has 0 aliphatic carbocycles. The molecule has 3 rings (SSSR count). The summed E-state index contributed by atoms with van der Waals surface area (Å²) in [5.74, 6) is 1.24. The van der Waals surface area contributed by atoms with E-state index in [1.54, 1.807) is 18.2 Å². The second-order valence-electron chi connectivity index (χ2n) is 4.47. The van der Waals surface area contributed by atoms with E-state index in [1.165, 1.54) is 6.20 Å². The number of amides is 1. The molecule has 0 atom stereocenters. The van der Waals surface area contributed by atoms with Crippen LogP contribution in [-0.2, 0) is 4.79 Å². The number of aromatic nitrogens is 2. The van der Waals surface area contributed by atoms with E-state index in [4.69, 9.17) is 20.5 Å². The quantitative estimate of drug-likeness (QED) is 0.637. The summed E-state index contributed by atoms with van der Waals surface area (Å²) in [6.07, 6.45) is 1.33. The zero-order chi connectivity index (χ0) is 16.2. The Balaban J connectivity index is 1.57. The number of carbonyl (C=O) groups is 1. The summed E-state index contributed by atoms with van der Waals surface area (Å²) in [4.78, 5) is 19.9. The van der Waals surface area contributed by atoms with Crippen LogP contribution in [0.1, 0.15) is 5.56 Å². The van der Waals surface area contributed by atoms with Gasteiger partial charge >= 0.3 is 0 Å². The minimum atomic E-state index is -0.222. The van der Waals surface area contributed by atoms with Crippen LogP contribution in [0.15, 0.2) is 29.6 Å². The van der Waals surface area contributed by atoms with E-state index < -0.39 is 0 Å². The van der Waals surface area contributed by atoms with Gasteiger partial charge in [0.15, 0.2) is 16.7 Å². The Hall–Kier alpha value is -2.99. The van der Waals surface area contributed by atoms with Crippen molar-refractivity contribution >= 4 is 29.2 Å². The van der Waals surface area contributed by atoms with Crippen molar-refractivity contribution in [1.29, 1.82) is 5.26 Å². The molecule has 0 fully saturated rings. The molecular formula is C14H11N5O3S. The molecule has 1 aromatic heterocycles. The Bertz CT molecular complexity index is 805. The largest absolute Gasteiger partial charge is 0.454 e. The van der Waals surface area contributed by atoms with E-state index in [-0.39, 0.29) is 29.8 Å². The van der Waals surface area contributed by atoms with Crippen molar-refractivity contribution in [1.82, 2.24) is 9.97 Å². The van der Waals surface area contributed by atoms with Crippen LogP contribution in [0.4, 0.5) is 11.5 Å². The third kappa shape index (κ3) is 3.44. The lowest BCUT2D eigenvalue weighted by Gasteiger charge is -2.06. The number of ether oxygens (including phenoxy) is 2. The van der Waals surface area contributed by atoms with Crippen molar-refractivity contribution in [3.8, 4) is 17.6 Å². The Morgan fingerprint density at radius 1 is 1.43 bits per heavy atom. The summed E-state index contributed by atoms with van der Waals surface area (Å²) in [7, 11) is 0. The van der Waals surface area contributed by atoms with Gasteiger partial charge in [-0.25, -0.2) is 9.97 Å². The lowest BCUT2D eigenvalue weighted by Crippen LogP contribution is -2.14. The van der Waals surface area contributed by atoms with Crippen LogP contribution in [0.2, 0.25) is 0 Å². The molecule has 0 spiro atoms. The van der Waals surface area contributed by atoms with E-state index in [0.29, 0.717) is 22.3 Å². The van der Waals surface area contributed by atoms with Crippen LogP contribution >= 0.6 is 11.8 Å². The number of nitrogens with one attached hydrogen (secondary N) is 1. The lowest BCUT2D eigenvalue weighted by atomic mass is 10.3. The van der Waals surface area contributed by atoms with Crippen molar-refractivity contribution in [2.24, 2.45) is 0 Å². The van der Waals surface area contributed by atoms with Gasteiger partial charge in [0.2, 0.25) is 12.7 Å². The van der Waals surface area contributed by atoms with Gasteiger partial charge in [0, 0.05) is 11.8 Å². The third-order valence-corrected chi connectivity index (χ3v) is 3.77. The minimum Gasteiger partial charge on any atom is -0.454 e. The molecule has 0 unspecified atom stereocenters. The fourth-order valence-corrected chi connectivity index (χ4v) is 2.46. The first-order chi connectivity index (χ1) is 11.2. The molecule has 0 saturated carbocycles.